The monoisotopic (exact) mass is 284 g/mol. The van der Waals surface area contributed by atoms with Crippen molar-refractivity contribution in [2.24, 2.45) is 5.73 Å². The molecule has 1 rings (SSSR count). The molecular formula is C10H16N6O4. The molecule has 110 valence electrons. The molecule has 10 heteroatoms. The van der Waals surface area contributed by atoms with Crippen LogP contribution in [0, 0.1) is 0 Å². The third-order valence-corrected chi connectivity index (χ3v) is 2.17. The van der Waals surface area contributed by atoms with E-state index in [2.05, 4.69) is 21.2 Å². The van der Waals surface area contributed by atoms with E-state index < -0.39 is 17.8 Å². The summed E-state index contributed by atoms with van der Waals surface area (Å²) in [6.45, 7) is 2.83. The Labute approximate surface area is 114 Å². The van der Waals surface area contributed by atoms with E-state index in [9.17, 15) is 14.4 Å². The highest BCUT2D eigenvalue weighted by molar-refractivity contribution is 5.88. The Morgan fingerprint density at radius 2 is 2.05 bits per heavy atom. The number of carbonyl (C=O) groups is 3. The van der Waals surface area contributed by atoms with Gasteiger partial charge in [-0.05, 0) is 6.92 Å². The fourth-order valence-electron chi connectivity index (χ4n) is 1.35. The van der Waals surface area contributed by atoms with E-state index in [4.69, 9.17) is 10.5 Å². The summed E-state index contributed by atoms with van der Waals surface area (Å²) in [5, 5.41) is 7.31. The summed E-state index contributed by atoms with van der Waals surface area (Å²) < 4.78 is 5.97. The Morgan fingerprint density at radius 3 is 2.60 bits per heavy atom. The van der Waals surface area contributed by atoms with E-state index in [0.29, 0.717) is 0 Å². The predicted octanol–water partition coefficient (Wildman–Crippen LogP) is -1.92. The van der Waals surface area contributed by atoms with E-state index in [1.165, 1.54) is 11.6 Å². The van der Waals surface area contributed by atoms with Gasteiger partial charge in [-0.2, -0.15) is 0 Å². The van der Waals surface area contributed by atoms with Crippen molar-refractivity contribution in [1.29, 1.82) is 0 Å². The highest BCUT2D eigenvalue weighted by Crippen LogP contribution is 2.06. The summed E-state index contributed by atoms with van der Waals surface area (Å²) in [5.74, 6) is -1.60. The first-order chi connectivity index (χ1) is 9.49. The summed E-state index contributed by atoms with van der Waals surface area (Å²) in [6, 6.07) is 0. The highest BCUT2D eigenvalue weighted by atomic mass is 16.5. The van der Waals surface area contributed by atoms with Crippen LogP contribution in [0.4, 0.5) is 0 Å². The van der Waals surface area contributed by atoms with Gasteiger partial charge < -0.3 is 10.5 Å². The minimum atomic E-state index is -0.651. The molecule has 0 fully saturated rings. The number of rotatable bonds is 5. The van der Waals surface area contributed by atoms with Crippen molar-refractivity contribution in [1.82, 2.24) is 25.8 Å². The normalized spacial score (nSPS) is 9.95. The standard InChI is InChI=1S/C10H16N6O4/c1-3-20-10(19)9-7(4-11)16(15-14-9)5-8(18)13-12-6(2)17/h3-5,11H2,1-2H3,(H,12,17)(H,13,18). The maximum Gasteiger partial charge on any atom is 0.360 e. The SMILES string of the molecule is CCOC(=O)c1nnn(CC(=O)NNC(C)=O)c1CN. The van der Waals surface area contributed by atoms with Gasteiger partial charge in [-0.25, -0.2) is 9.48 Å². The molecule has 0 atom stereocenters. The Kier molecular flexibility index (Phi) is 5.59. The topological polar surface area (TPSA) is 141 Å². The zero-order chi connectivity index (χ0) is 15.1. The number of nitrogens with two attached hydrogens (primary N) is 1. The summed E-state index contributed by atoms with van der Waals surface area (Å²) >= 11 is 0. The smallest absolute Gasteiger partial charge is 0.360 e. The van der Waals surface area contributed by atoms with E-state index in [0.717, 1.165) is 0 Å². The molecule has 1 heterocycles. The lowest BCUT2D eigenvalue weighted by molar-refractivity contribution is -0.128. The molecule has 0 saturated heterocycles. The van der Waals surface area contributed by atoms with Crippen LogP contribution in [-0.4, -0.2) is 39.4 Å². The molecule has 0 aliphatic carbocycles. The minimum absolute atomic E-state index is 0.0262. The van der Waals surface area contributed by atoms with Gasteiger partial charge in [0.05, 0.1) is 12.3 Å². The van der Waals surface area contributed by atoms with Crippen molar-refractivity contribution in [3.05, 3.63) is 11.4 Å². The number of ether oxygens (including phenoxy) is 1. The lowest BCUT2D eigenvalue weighted by Gasteiger charge is -2.07. The second-order valence-electron chi connectivity index (χ2n) is 3.70. The van der Waals surface area contributed by atoms with E-state index >= 15 is 0 Å². The van der Waals surface area contributed by atoms with Crippen LogP contribution in [0.3, 0.4) is 0 Å². The number of hydrogen-bond acceptors (Lipinski definition) is 7. The van der Waals surface area contributed by atoms with Crippen LogP contribution in [0.2, 0.25) is 0 Å². The molecule has 0 unspecified atom stereocenters. The van der Waals surface area contributed by atoms with Crippen molar-refractivity contribution in [2.45, 2.75) is 26.9 Å². The van der Waals surface area contributed by atoms with Crippen LogP contribution in [0.1, 0.15) is 30.0 Å². The van der Waals surface area contributed by atoms with E-state index in [1.807, 2.05) is 0 Å². The molecule has 0 spiro atoms. The molecule has 20 heavy (non-hydrogen) atoms. The Balaban J connectivity index is 2.78. The summed E-state index contributed by atoms with van der Waals surface area (Å²) in [6.07, 6.45) is 0. The van der Waals surface area contributed by atoms with E-state index in [-0.39, 0.29) is 31.1 Å². The maximum absolute atomic E-state index is 11.6. The molecular weight excluding hydrogens is 268 g/mol. The van der Waals surface area contributed by atoms with Gasteiger partial charge in [0.1, 0.15) is 6.54 Å². The van der Waals surface area contributed by atoms with Crippen molar-refractivity contribution in [3.8, 4) is 0 Å². The molecule has 0 aliphatic rings. The number of hydrogen-bond donors (Lipinski definition) is 3. The zero-order valence-electron chi connectivity index (χ0n) is 11.2. The fourth-order valence-corrected chi connectivity index (χ4v) is 1.35. The van der Waals surface area contributed by atoms with Crippen LogP contribution in [0.15, 0.2) is 0 Å². The van der Waals surface area contributed by atoms with Crippen molar-refractivity contribution in [3.63, 3.8) is 0 Å². The molecule has 10 nitrogen and oxygen atoms in total. The molecule has 0 bridgehead atoms. The maximum atomic E-state index is 11.6. The molecule has 0 aliphatic heterocycles. The number of amides is 2. The van der Waals surface area contributed by atoms with Crippen LogP contribution < -0.4 is 16.6 Å². The number of carbonyl (C=O) groups excluding carboxylic acids is 3. The molecule has 0 aromatic carbocycles. The Morgan fingerprint density at radius 1 is 1.35 bits per heavy atom. The van der Waals surface area contributed by atoms with Crippen molar-refractivity contribution in [2.75, 3.05) is 6.61 Å². The zero-order valence-corrected chi connectivity index (χ0v) is 11.2. The number of nitrogens with one attached hydrogen (secondary N) is 2. The summed E-state index contributed by atoms with van der Waals surface area (Å²) in [4.78, 5) is 33.8. The number of hydrazine groups is 1. The predicted molar refractivity (Wildman–Crippen MR) is 65.8 cm³/mol. The fraction of sp³-hybridized carbons (Fsp3) is 0.500. The summed E-state index contributed by atoms with van der Waals surface area (Å²) in [5.41, 5.74) is 10.1. The van der Waals surface area contributed by atoms with Crippen LogP contribution >= 0.6 is 0 Å². The first-order valence-electron chi connectivity index (χ1n) is 5.84. The molecule has 1 aromatic rings. The lowest BCUT2D eigenvalue weighted by atomic mass is 10.3. The first kappa shape index (κ1) is 15.6. The average Bonchev–Trinajstić information content (AvgIpc) is 2.79. The first-order valence-corrected chi connectivity index (χ1v) is 5.84. The quantitative estimate of drug-likeness (QED) is 0.422. The van der Waals surface area contributed by atoms with Gasteiger partial charge >= 0.3 is 5.97 Å². The Hall–Kier alpha value is -2.49. The largest absolute Gasteiger partial charge is 0.461 e. The number of nitrogens with zero attached hydrogens (tertiary/aromatic N) is 3. The molecule has 0 saturated carbocycles. The average molecular weight is 284 g/mol. The van der Waals surface area contributed by atoms with E-state index in [1.54, 1.807) is 6.92 Å². The lowest BCUT2D eigenvalue weighted by Crippen LogP contribution is -2.42. The van der Waals surface area contributed by atoms with Gasteiger partial charge in [0.25, 0.3) is 5.91 Å². The molecule has 2 amide bonds. The van der Waals surface area contributed by atoms with Gasteiger partial charge in [0.2, 0.25) is 5.91 Å². The Bertz CT molecular complexity index is 512. The molecule has 0 radical (unpaired) electrons. The minimum Gasteiger partial charge on any atom is -0.461 e. The van der Waals surface area contributed by atoms with Crippen LogP contribution in [0.5, 0.6) is 0 Å². The van der Waals surface area contributed by atoms with Gasteiger partial charge in [0, 0.05) is 13.5 Å². The molecule has 4 N–H and O–H groups in total. The second kappa shape index (κ2) is 7.19. The van der Waals surface area contributed by atoms with Gasteiger partial charge in [0.15, 0.2) is 5.69 Å². The van der Waals surface area contributed by atoms with Crippen molar-refractivity contribution < 1.29 is 19.1 Å². The third kappa shape index (κ3) is 4.02. The number of esters is 1. The van der Waals surface area contributed by atoms with Crippen LogP contribution in [0.25, 0.3) is 0 Å². The van der Waals surface area contributed by atoms with Crippen molar-refractivity contribution >= 4 is 17.8 Å². The summed E-state index contributed by atoms with van der Waals surface area (Å²) in [7, 11) is 0. The van der Waals surface area contributed by atoms with Gasteiger partial charge in [-0.15, -0.1) is 5.10 Å². The van der Waals surface area contributed by atoms with Crippen LogP contribution in [-0.2, 0) is 27.4 Å². The molecule has 1 aromatic heterocycles. The second-order valence-corrected chi connectivity index (χ2v) is 3.70. The number of aromatic nitrogens is 3. The van der Waals surface area contributed by atoms with Gasteiger partial charge in [-0.1, -0.05) is 5.21 Å². The highest BCUT2D eigenvalue weighted by Gasteiger charge is 2.20. The third-order valence-electron chi connectivity index (χ3n) is 2.17. The van der Waals surface area contributed by atoms with Gasteiger partial charge in [-0.3, -0.25) is 20.4 Å².